The molecule has 0 N–H and O–H groups in total. The van der Waals surface area contributed by atoms with E-state index in [1.807, 2.05) is 19.9 Å². The largest absolute Gasteiger partial charge is 0.469 e. The summed E-state index contributed by atoms with van der Waals surface area (Å²) in [6.45, 7) is 4.00. The van der Waals surface area contributed by atoms with Gasteiger partial charge in [0.2, 0.25) is 0 Å². The van der Waals surface area contributed by atoms with Crippen LogP contribution in [0.1, 0.15) is 26.0 Å². The SMILES string of the molecule is CC.COC(=O)CCSc1nccnc1C#N. The summed E-state index contributed by atoms with van der Waals surface area (Å²) in [4.78, 5) is 18.7. The molecule has 1 aromatic heterocycles. The van der Waals surface area contributed by atoms with E-state index >= 15 is 0 Å². The standard InChI is InChI=1S/C9H9N3O2S.C2H6/c1-14-8(13)2-5-15-9-7(6-10)11-3-4-12-9;1-2/h3-4H,2,5H2,1H3;1-2H3. The van der Waals surface area contributed by atoms with Gasteiger partial charge >= 0.3 is 5.97 Å². The van der Waals surface area contributed by atoms with Gasteiger partial charge in [0.05, 0.1) is 13.5 Å². The van der Waals surface area contributed by atoms with Gasteiger partial charge in [-0.3, -0.25) is 4.79 Å². The quantitative estimate of drug-likeness (QED) is 0.603. The molecule has 5 nitrogen and oxygen atoms in total. The number of thioether (sulfide) groups is 1. The van der Waals surface area contributed by atoms with Gasteiger partial charge in [-0.2, -0.15) is 5.26 Å². The summed E-state index contributed by atoms with van der Waals surface area (Å²) < 4.78 is 4.49. The molecule has 6 heteroatoms. The first-order valence-electron chi connectivity index (χ1n) is 5.18. The maximum Gasteiger partial charge on any atom is 0.306 e. The molecule has 0 aliphatic carbocycles. The van der Waals surface area contributed by atoms with Crippen LogP contribution >= 0.6 is 11.8 Å². The van der Waals surface area contributed by atoms with E-state index in [0.29, 0.717) is 17.2 Å². The van der Waals surface area contributed by atoms with Crippen LogP contribution < -0.4 is 0 Å². The highest BCUT2D eigenvalue weighted by molar-refractivity contribution is 7.99. The van der Waals surface area contributed by atoms with E-state index in [9.17, 15) is 4.79 Å². The van der Waals surface area contributed by atoms with Gasteiger partial charge in [0.25, 0.3) is 0 Å². The Morgan fingerprint density at radius 1 is 1.47 bits per heavy atom. The van der Waals surface area contributed by atoms with E-state index in [-0.39, 0.29) is 11.7 Å². The number of rotatable bonds is 4. The lowest BCUT2D eigenvalue weighted by Crippen LogP contribution is -2.01. The molecule has 0 saturated heterocycles. The van der Waals surface area contributed by atoms with Crippen LogP contribution in [-0.2, 0) is 9.53 Å². The number of methoxy groups -OCH3 is 1. The number of esters is 1. The van der Waals surface area contributed by atoms with E-state index in [1.54, 1.807) is 0 Å². The van der Waals surface area contributed by atoms with Crippen LogP contribution in [-0.4, -0.2) is 28.8 Å². The zero-order chi connectivity index (χ0) is 13.1. The number of carbonyl (C=O) groups excluding carboxylic acids is 1. The maximum absolute atomic E-state index is 10.8. The van der Waals surface area contributed by atoms with Crippen molar-refractivity contribution >= 4 is 17.7 Å². The molecule has 0 spiro atoms. The lowest BCUT2D eigenvalue weighted by molar-refractivity contribution is -0.140. The van der Waals surface area contributed by atoms with Gasteiger partial charge in [-0.15, -0.1) is 11.8 Å². The molecule has 1 rings (SSSR count). The molecule has 92 valence electrons. The Bertz CT molecular complexity index is 391. The Labute approximate surface area is 105 Å². The molecule has 0 aliphatic rings. The Kier molecular flexibility index (Phi) is 8.69. The van der Waals surface area contributed by atoms with E-state index in [2.05, 4.69) is 14.7 Å². The van der Waals surface area contributed by atoms with Gasteiger partial charge in [0.15, 0.2) is 5.69 Å². The third-order valence-electron chi connectivity index (χ3n) is 1.54. The summed E-state index contributed by atoms with van der Waals surface area (Å²) >= 11 is 1.32. The Morgan fingerprint density at radius 3 is 2.71 bits per heavy atom. The van der Waals surface area contributed by atoms with Gasteiger partial charge in [-0.25, -0.2) is 9.97 Å². The number of nitriles is 1. The van der Waals surface area contributed by atoms with Crippen LogP contribution in [0.25, 0.3) is 0 Å². The van der Waals surface area contributed by atoms with Crippen molar-refractivity contribution in [2.45, 2.75) is 25.3 Å². The molecule has 17 heavy (non-hydrogen) atoms. The van der Waals surface area contributed by atoms with Gasteiger partial charge < -0.3 is 4.74 Å². The fraction of sp³-hybridized carbons (Fsp3) is 0.455. The molecule has 0 fully saturated rings. The summed E-state index contributed by atoms with van der Waals surface area (Å²) in [5, 5.41) is 9.26. The summed E-state index contributed by atoms with van der Waals surface area (Å²) in [5.41, 5.74) is 0.285. The van der Waals surface area contributed by atoms with Crippen LogP contribution in [0.5, 0.6) is 0 Å². The molecule has 0 radical (unpaired) electrons. The highest BCUT2D eigenvalue weighted by Gasteiger charge is 2.06. The van der Waals surface area contributed by atoms with Crippen LogP contribution in [0, 0.1) is 11.3 Å². The van der Waals surface area contributed by atoms with Crippen molar-refractivity contribution in [3.05, 3.63) is 18.1 Å². The molecule has 0 amide bonds. The minimum atomic E-state index is -0.273. The number of nitrogens with zero attached hydrogens (tertiary/aromatic N) is 3. The minimum Gasteiger partial charge on any atom is -0.469 e. The Hall–Kier alpha value is -1.61. The number of carbonyl (C=O) groups is 1. The first-order valence-corrected chi connectivity index (χ1v) is 6.17. The van der Waals surface area contributed by atoms with Gasteiger partial charge in [0, 0.05) is 18.1 Å². The summed E-state index contributed by atoms with van der Waals surface area (Å²) in [7, 11) is 1.34. The highest BCUT2D eigenvalue weighted by Crippen LogP contribution is 2.18. The fourth-order valence-electron chi connectivity index (χ4n) is 0.841. The zero-order valence-corrected chi connectivity index (χ0v) is 11.0. The van der Waals surface area contributed by atoms with Crippen molar-refractivity contribution in [3.8, 4) is 6.07 Å². The summed E-state index contributed by atoms with van der Waals surface area (Å²) in [5.74, 6) is 0.255. The van der Waals surface area contributed by atoms with Crippen molar-refractivity contribution in [1.82, 2.24) is 9.97 Å². The number of aromatic nitrogens is 2. The lowest BCUT2D eigenvalue weighted by Gasteiger charge is -2.00. The molecule has 0 bridgehead atoms. The molecule has 0 saturated carbocycles. The van der Waals surface area contributed by atoms with Crippen LogP contribution in [0.2, 0.25) is 0 Å². The van der Waals surface area contributed by atoms with E-state index < -0.39 is 0 Å². The monoisotopic (exact) mass is 253 g/mol. The average Bonchev–Trinajstić information content (AvgIpc) is 2.41. The zero-order valence-electron chi connectivity index (χ0n) is 10.1. The molecular weight excluding hydrogens is 238 g/mol. The van der Waals surface area contributed by atoms with Crippen molar-refractivity contribution in [2.24, 2.45) is 0 Å². The van der Waals surface area contributed by atoms with Gasteiger partial charge in [0.1, 0.15) is 11.1 Å². The second-order valence-electron chi connectivity index (χ2n) is 2.50. The lowest BCUT2D eigenvalue weighted by atomic mass is 10.5. The topological polar surface area (TPSA) is 75.9 Å². The van der Waals surface area contributed by atoms with Crippen molar-refractivity contribution in [1.29, 1.82) is 5.26 Å². The minimum absolute atomic E-state index is 0.273. The van der Waals surface area contributed by atoms with Gasteiger partial charge in [-0.1, -0.05) is 13.8 Å². The predicted octanol–water partition coefficient (Wildman–Crippen LogP) is 2.03. The number of hydrogen-bond acceptors (Lipinski definition) is 6. The third kappa shape index (κ3) is 5.88. The van der Waals surface area contributed by atoms with E-state index in [0.717, 1.165) is 0 Å². The van der Waals surface area contributed by atoms with Crippen LogP contribution in [0.3, 0.4) is 0 Å². The average molecular weight is 253 g/mol. The smallest absolute Gasteiger partial charge is 0.306 e. The predicted molar refractivity (Wildman–Crippen MR) is 65.5 cm³/mol. The normalized spacial score (nSPS) is 8.59. The molecule has 1 aromatic rings. The fourth-order valence-corrected chi connectivity index (χ4v) is 1.67. The molecule has 1 heterocycles. The molecule has 0 unspecified atom stereocenters. The molecule has 0 atom stereocenters. The summed E-state index contributed by atoms with van der Waals surface area (Å²) in [6, 6.07) is 1.94. The van der Waals surface area contributed by atoms with E-state index in [4.69, 9.17) is 5.26 Å². The van der Waals surface area contributed by atoms with Crippen molar-refractivity contribution < 1.29 is 9.53 Å². The van der Waals surface area contributed by atoms with E-state index in [1.165, 1.54) is 31.3 Å². The maximum atomic E-state index is 10.8. The summed E-state index contributed by atoms with van der Waals surface area (Å²) in [6.07, 6.45) is 3.27. The first-order chi connectivity index (χ1) is 8.27. The number of hydrogen-bond donors (Lipinski definition) is 0. The first kappa shape index (κ1) is 15.4. The van der Waals surface area contributed by atoms with Crippen molar-refractivity contribution in [3.63, 3.8) is 0 Å². The third-order valence-corrected chi connectivity index (χ3v) is 2.52. The van der Waals surface area contributed by atoms with Gasteiger partial charge in [-0.05, 0) is 0 Å². The van der Waals surface area contributed by atoms with Crippen LogP contribution in [0.4, 0.5) is 0 Å². The molecular formula is C11H15N3O2S. The van der Waals surface area contributed by atoms with Crippen LogP contribution in [0.15, 0.2) is 17.4 Å². The number of ether oxygens (including phenoxy) is 1. The molecule has 0 aromatic carbocycles. The Balaban J connectivity index is 0.00000121. The second kappa shape index (κ2) is 9.60. The second-order valence-corrected chi connectivity index (χ2v) is 3.58. The van der Waals surface area contributed by atoms with Crippen molar-refractivity contribution in [2.75, 3.05) is 12.9 Å². The highest BCUT2D eigenvalue weighted by atomic mass is 32.2. The Morgan fingerprint density at radius 2 is 2.12 bits per heavy atom. The molecule has 0 aliphatic heterocycles.